The first-order valence-corrected chi connectivity index (χ1v) is 10.3. The molecule has 2 aromatic heterocycles. The number of carbonyl (C=O) groups excluding carboxylic acids is 1. The molecule has 4 rings (SSSR count). The van der Waals surface area contributed by atoms with E-state index in [0.29, 0.717) is 23.0 Å². The van der Waals surface area contributed by atoms with Gasteiger partial charge in [-0.25, -0.2) is 4.68 Å². The van der Waals surface area contributed by atoms with Crippen molar-refractivity contribution in [3.05, 3.63) is 70.9 Å². The van der Waals surface area contributed by atoms with Gasteiger partial charge >= 0.3 is 6.01 Å². The van der Waals surface area contributed by atoms with Crippen molar-refractivity contribution >= 4 is 22.9 Å². The largest absolute Gasteiger partial charge is 0.497 e. The quantitative estimate of drug-likeness (QED) is 0.471. The summed E-state index contributed by atoms with van der Waals surface area (Å²) in [5, 5.41) is 9.30. The van der Waals surface area contributed by atoms with E-state index in [1.165, 1.54) is 11.3 Å². The average molecular weight is 420 g/mol. The summed E-state index contributed by atoms with van der Waals surface area (Å²) in [4.78, 5) is 17.6. The van der Waals surface area contributed by atoms with Gasteiger partial charge in [0.25, 0.3) is 5.91 Å². The number of amides is 1. The predicted molar refractivity (Wildman–Crippen MR) is 117 cm³/mol. The van der Waals surface area contributed by atoms with Crippen LogP contribution in [0.2, 0.25) is 0 Å². The number of methoxy groups -OCH3 is 1. The molecule has 0 atom stereocenters. The second kappa shape index (κ2) is 8.79. The van der Waals surface area contributed by atoms with Gasteiger partial charge < -0.3 is 14.8 Å². The third kappa shape index (κ3) is 4.18. The van der Waals surface area contributed by atoms with Gasteiger partial charge in [0, 0.05) is 11.3 Å². The zero-order valence-electron chi connectivity index (χ0n) is 16.5. The highest BCUT2D eigenvalue weighted by atomic mass is 32.1. The molecule has 2 heterocycles. The summed E-state index contributed by atoms with van der Waals surface area (Å²) < 4.78 is 12.5. The fourth-order valence-corrected chi connectivity index (χ4v) is 3.53. The number of ether oxygens (including phenoxy) is 2. The van der Waals surface area contributed by atoms with Crippen LogP contribution >= 0.6 is 11.3 Å². The van der Waals surface area contributed by atoms with Crippen LogP contribution in [0.3, 0.4) is 0 Å². The fraction of sp³-hybridized carbons (Fsp3) is 0.136. The molecule has 1 N–H and O–H groups in total. The molecule has 0 radical (unpaired) electrons. The summed E-state index contributed by atoms with van der Waals surface area (Å²) in [6.45, 7) is 2.34. The van der Waals surface area contributed by atoms with E-state index in [1.54, 1.807) is 17.9 Å². The first-order valence-electron chi connectivity index (χ1n) is 9.37. The van der Waals surface area contributed by atoms with Gasteiger partial charge in [0.05, 0.1) is 24.3 Å². The molecule has 0 spiro atoms. The molecule has 0 aliphatic heterocycles. The lowest BCUT2D eigenvalue weighted by molar-refractivity contribution is 0.103. The summed E-state index contributed by atoms with van der Waals surface area (Å²) in [7, 11) is 1.63. The van der Waals surface area contributed by atoms with Crippen LogP contribution in [0.1, 0.15) is 16.6 Å². The molecule has 1 amide bonds. The molecular formula is C22H20N4O3S. The number of carbonyl (C=O) groups is 1. The average Bonchev–Trinajstić information content (AvgIpc) is 3.45. The van der Waals surface area contributed by atoms with Crippen molar-refractivity contribution in [2.24, 2.45) is 0 Å². The highest BCUT2D eigenvalue weighted by Crippen LogP contribution is 2.27. The van der Waals surface area contributed by atoms with Crippen molar-refractivity contribution < 1.29 is 14.3 Å². The van der Waals surface area contributed by atoms with Crippen molar-refractivity contribution in [3.63, 3.8) is 0 Å². The topological polar surface area (TPSA) is 78.3 Å². The SMILES string of the molecule is CCOc1nc(-c2ccc(OC)cc2)n(-c2cccc(NC(=O)c3cccs3)c2)n1. The monoisotopic (exact) mass is 420 g/mol. The van der Waals surface area contributed by atoms with Crippen LogP contribution in [-0.4, -0.2) is 34.4 Å². The molecule has 8 heteroatoms. The number of aromatic nitrogens is 3. The first kappa shape index (κ1) is 19.7. The predicted octanol–water partition coefficient (Wildman–Crippen LogP) is 4.66. The van der Waals surface area contributed by atoms with Gasteiger partial charge in [-0.3, -0.25) is 4.79 Å². The number of nitrogens with one attached hydrogen (secondary N) is 1. The van der Waals surface area contributed by atoms with E-state index in [2.05, 4.69) is 15.4 Å². The van der Waals surface area contributed by atoms with Crippen LogP contribution < -0.4 is 14.8 Å². The highest BCUT2D eigenvalue weighted by molar-refractivity contribution is 7.12. The number of rotatable bonds is 7. The van der Waals surface area contributed by atoms with Gasteiger partial charge in [0.15, 0.2) is 5.82 Å². The number of hydrogen-bond donors (Lipinski definition) is 1. The number of anilines is 1. The molecule has 30 heavy (non-hydrogen) atoms. The maximum atomic E-state index is 12.4. The van der Waals surface area contributed by atoms with Gasteiger partial charge in [-0.1, -0.05) is 12.1 Å². The number of thiophene rings is 1. The molecule has 4 aromatic rings. The summed E-state index contributed by atoms with van der Waals surface area (Å²) in [5.74, 6) is 1.24. The Morgan fingerprint density at radius 3 is 2.67 bits per heavy atom. The van der Waals surface area contributed by atoms with Crippen LogP contribution in [-0.2, 0) is 0 Å². The van der Waals surface area contributed by atoms with Crippen molar-refractivity contribution in [2.45, 2.75) is 6.92 Å². The maximum Gasteiger partial charge on any atom is 0.336 e. The van der Waals surface area contributed by atoms with E-state index in [1.807, 2.05) is 66.9 Å². The van der Waals surface area contributed by atoms with Crippen molar-refractivity contribution in [1.82, 2.24) is 14.8 Å². The van der Waals surface area contributed by atoms with Crippen LogP contribution in [0.25, 0.3) is 17.1 Å². The third-order valence-electron chi connectivity index (χ3n) is 4.30. The fourth-order valence-electron chi connectivity index (χ4n) is 2.91. The molecule has 0 saturated carbocycles. The molecular weight excluding hydrogens is 400 g/mol. The summed E-state index contributed by atoms with van der Waals surface area (Å²) in [6, 6.07) is 18.9. The minimum absolute atomic E-state index is 0.147. The second-order valence-corrected chi connectivity index (χ2v) is 7.22. The minimum Gasteiger partial charge on any atom is -0.497 e. The summed E-state index contributed by atoms with van der Waals surface area (Å²) in [5.41, 5.74) is 2.28. The minimum atomic E-state index is -0.147. The van der Waals surface area contributed by atoms with Crippen molar-refractivity contribution in [1.29, 1.82) is 0 Å². The Morgan fingerprint density at radius 2 is 1.97 bits per heavy atom. The van der Waals surface area contributed by atoms with E-state index < -0.39 is 0 Å². The zero-order chi connectivity index (χ0) is 20.9. The molecule has 0 saturated heterocycles. The van der Waals surface area contributed by atoms with Crippen LogP contribution in [0.15, 0.2) is 66.0 Å². The van der Waals surface area contributed by atoms with Gasteiger partial charge in [0.1, 0.15) is 5.75 Å². The third-order valence-corrected chi connectivity index (χ3v) is 5.17. The molecule has 152 valence electrons. The molecule has 7 nitrogen and oxygen atoms in total. The number of hydrogen-bond acceptors (Lipinski definition) is 6. The lowest BCUT2D eigenvalue weighted by Gasteiger charge is -2.09. The Bertz CT molecular complexity index is 1140. The van der Waals surface area contributed by atoms with E-state index >= 15 is 0 Å². The molecule has 0 fully saturated rings. The van der Waals surface area contributed by atoms with Crippen molar-refractivity contribution in [2.75, 3.05) is 19.0 Å². The normalized spacial score (nSPS) is 10.6. The van der Waals surface area contributed by atoms with Crippen LogP contribution in [0, 0.1) is 0 Å². The van der Waals surface area contributed by atoms with E-state index in [-0.39, 0.29) is 11.9 Å². The van der Waals surface area contributed by atoms with Gasteiger partial charge in [-0.05, 0) is 60.8 Å². The smallest absolute Gasteiger partial charge is 0.336 e. The Kier molecular flexibility index (Phi) is 5.76. The Morgan fingerprint density at radius 1 is 1.13 bits per heavy atom. The van der Waals surface area contributed by atoms with Crippen molar-refractivity contribution in [3.8, 4) is 28.8 Å². The van der Waals surface area contributed by atoms with E-state index in [4.69, 9.17) is 9.47 Å². The van der Waals surface area contributed by atoms with E-state index in [0.717, 1.165) is 17.0 Å². The maximum absolute atomic E-state index is 12.4. The Balaban J connectivity index is 1.69. The van der Waals surface area contributed by atoms with Gasteiger partial charge in [-0.2, -0.15) is 4.98 Å². The molecule has 0 aliphatic rings. The van der Waals surface area contributed by atoms with Crippen LogP contribution in [0.4, 0.5) is 5.69 Å². The summed E-state index contributed by atoms with van der Waals surface area (Å²) in [6.07, 6.45) is 0. The molecule has 0 unspecified atom stereocenters. The van der Waals surface area contributed by atoms with Gasteiger partial charge in [0.2, 0.25) is 0 Å². The number of nitrogens with zero attached hydrogens (tertiary/aromatic N) is 3. The summed E-state index contributed by atoms with van der Waals surface area (Å²) >= 11 is 1.40. The molecule has 0 bridgehead atoms. The Hall–Kier alpha value is -3.65. The van der Waals surface area contributed by atoms with Gasteiger partial charge in [-0.15, -0.1) is 16.4 Å². The molecule has 0 aliphatic carbocycles. The second-order valence-electron chi connectivity index (χ2n) is 6.27. The molecule has 2 aromatic carbocycles. The highest BCUT2D eigenvalue weighted by Gasteiger charge is 2.16. The zero-order valence-corrected chi connectivity index (χ0v) is 17.3. The van der Waals surface area contributed by atoms with E-state index in [9.17, 15) is 4.79 Å². The lowest BCUT2D eigenvalue weighted by Crippen LogP contribution is -2.10. The Labute approximate surface area is 177 Å². The number of benzene rings is 2. The standard InChI is InChI=1S/C22H20N4O3S/c1-3-29-22-24-20(15-9-11-18(28-2)12-10-15)26(25-22)17-7-4-6-16(14-17)23-21(27)19-8-5-13-30-19/h4-14H,3H2,1-2H3,(H,23,27). The van der Waals surface area contributed by atoms with Crippen LogP contribution in [0.5, 0.6) is 11.8 Å². The first-order chi connectivity index (χ1) is 14.7. The lowest BCUT2D eigenvalue weighted by atomic mass is 10.2.